The van der Waals surface area contributed by atoms with Gasteiger partial charge in [0.1, 0.15) is 0 Å². The number of nitrogens with zero attached hydrogens (tertiary/aromatic N) is 1. The second kappa shape index (κ2) is 6.51. The maximum absolute atomic E-state index is 11.7. The Hall–Kier alpha value is -1.06. The van der Waals surface area contributed by atoms with Gasteiger partial charge in [0.2, 0.25) is 5.91 Å². The lowest BCUT2D eigenvalue weighted by Gasteiger charge is -2.27. The first-order valence-electron chi connectivity index (χ1n) is 6.08. The second-order valence-electron chi connectivity index (χ2n) is 4.54. The van der Waals surface area contributed by atoms with Gasteiger partial charge in [-0.15, -0.1) is 0 Å². The van der Waals surface area contributed by atoms with Crippen molar-refractivity contribution in [2.24, 2.45) is 0 Å². The summed E-state index contributed by atoms with van der Waals surface area (Å²) in [6, 6.07) is 0.323. The van der Waals surface area contributed by atoms with Crippen molar-refractivity contribution in [2.75, 3.05) is 7.05 Å². The summed E-state index contributed by atoms with van der Waals surface area (Å²) in [7, 11) is 1.81. The van der Waals surface area contributed by atoms with Crippen LogP contribution in [-0.2, 0) is 9.59 Å². The lowest BCUT2D eigenvalue weighted by molar-refractivity contribution is -0.141. The van der Waals surface area contributed by atoms with Gasteiger partial charge in [-0.25, -0.2) is 0 Å². The highest BCUT2D eigenvalue weighted by Crippen LogP contribution is 2.21. The van der Waals surface area contributed by atoms with E-state index in [0.717, 1.165) is 12.8 Å². The van der Waals surface area contributed by atoms with Gasteiger partial charge < -0.3 is 10.0 Å². The van der Waals surface area contributed by atoms with Crippen molar-refractivity contribution in [3.63, 3.8) is 0 Å². The summed E-state index contributed by atoms with van der Waals surface area (Å²) in [5.74, 6) is -0.933. The molecule has 1 aliphatic rings. The van der Waals surface area contributed by atoms with E-state index in [1.165, 1.54) is 25.7 Å². The Balaban J connectivity index is 2.38. The smallest absolute Gasteiger partial charge is 0.303 e. The molecule has 4 heteroatoms. The molecule has 0 bridgehead atoms. The number of carbonyl (C=O) groups is 2. The monoisotopic (exact) mass is 227 g/mol. The van der Waals surface area contributed by atoms with Crippen molar-refractivity contribution in [1.29, 1.82) is 0 Å². The van der Waals surface area contributed by atoms with Crippen LogP contribution in [0, 0.1) is 0 Å². The molecule has 1 aliphatic carbocycles. The zero-order chi connectivity index (χ0) is 12.0. The molecule has 4 nitrogen and oxygen atoms in total. The van der Waals surface area contributed by atoms with E-state index < -0.39 is 5.97 Å². The summed E-state index contributed by atoms with van der Waals surface area (Å²) in [4.78, 5) is 23.9. The zero-order valence-corrected chi connectivity index (χ0v) is 9.95. The fraction of sp³-hybridized carbons (Fsp3) is 0.833. The van der Waals surface area contributed by atoms with Gasteiger partial charge >= 0.3 is 5.97 Å². The van der Waals surface area contributed by atoms with Crippen LogP contribution in [0.15, 0.2) is 0 Å². The van der Waals surface area contributed by atoms with Gasteiger partial charge in [-0.1, -0.05) is 25.7 Å². The Morgan fingerprint density at radius 3 is 2.19 bits per heavy atom. The van der Waals surface area contributed by atoms with E-state index >= 15 is 0 Å². The number of rotatable bonds is 4. The quantitative estimate of drug-likeness (QED) is 0.748. The number of carbonyl (C=O) groups excluding carboxylic acids is 1. The van der Waals surface area contributed by atoms with Crippen molar-refractivity contribution in [2.45, 2.75) is 57.4 Å². The molecule has 1 N–H and O–H groups in total. The predicted octanol–water partition coefficient (Wildman–Crippen LogP) is 2.03. The minimum Gasteiger partial charge on any atom is -0.481 e. The van der Waals surface area contributed by atoms with E-state index in [2.05, 4.69) is 0 Å². The first kappa shape index (κ1) is 13.0. The van der Waals surface area contributed by atoms with E-state index in [9.17, 15) is 9.59 Å². The Bertz CT molecular complexity index is 245. The molecule has 0 radical (unpaired) electrons. The van der Waals surface area contributed by atoms with Crippen LogP contribution in [-0.4, -0.2) is 35.0 Å². The minimum atomic E-state index is -0.900. The molecule has 1 fully saturated rings. The van der Waals surface area contributed by atoms with E-state index in [1.807, 2.05) is 0 Å². The van der Waals surface area contributed by atoms with E-state index in [4.69, 9.17) is 5.11 Å². The molecule has 0 aromatic heterocycles. The summed E-state index contributed by atoms with van der Waals surface area (Å²) in [6.45, 7) is 0. The molecule has 1 rings (SSSR count). The van der Waals surface area contributed by atoms with Crippen LogP contribution in [0.3, 0.4) is 0 Å². The molecule has 0 unspecified atom stereocenters. The third-order valence-electron chi connectivity index (χ3n) is 3.32. The van der Waals surface area contributed by atoms with Crippen LogP contribution >= 0.6 is 0 Å². The summed E-state index contributed by atoms with van der Waals surface area (Å²) < 4.78 is 0. The highest BCUT2D eigenvalue weighted by molar-refractivity contribution is 5.80. The number of amides is 1. The highest BCUT2D eigenvalue weighted by atomic mass is 16.4. The molecule has 1 amide bonds. The second-order valence-corrected chi connectivity index (χ2v) is 4.54. The normalized spacial score (nSPS) is 17.8. The number of aliphatic carboxylic acids is 1. The fourth-order valence-electron chi connectivity index (χ4n) is 2.24. The van der Waals surface area contributed by atoms with Crippen LogP contribution in [0.4, 0.5) is 0 Å². The summed E-state index contributed by atoms with van der Waals surface area (Å²) in [5.41, 5.74) is 0. The number of carboxylic acids is 1. The Morgan fingerprint density at radius 1 is 1.12 bits per heavy atom. The average Bonchev–Trinajstić information content (AvgIpc) is 2.53. The molecular weight excluding hydrogens is 206 g/mol. The molecule has 0 spiro atoms. The van der Waals surface area contributed by atoms with Gasteiger partial charge in [0, 0.05) is 19.5 Å². The third-order valence-corrected chi connectivity index (χ3v) is 3.32. The SMILES string of the molecule is CN(C(=O)CCC(=O)O)C1CCCCCC1. The molecule has 92 valence electrons. The van der Waals surface area contributed by atoms with Gasteiger partial charge in [-0.05, 0) is 12.8 Å². The van der Waals surface area contributed by atoms with Gasteiger partial charge in [0.05, 0.1) is 6.42 Å². The van der Waals surface area contributed by atoms with Crippen LogP contribution in [0.2, 0.25) is 0 Å². The van der Waals surface area contributed by atoms with Gasteiger partial charge in [0.25, 0.3) is 0 Å². The molecule has 16 heavy (non-hydrogen) atoms. The lowest BCUT2D eigenvalue weighted by Crippen LogP contribution is -2.36. The molecule has 1 saturated carbocycles. The van der Waals surface area contributed by atoms with Crippen LogP contribution in [0.1, 0.15) is 51.4 Å². The fourth-order valence-corrected chi connectivity index (χ4v) is 2.24. The predicted molar refractivity (Wildman–Crippen MR) is 61.1 cm³/mol. The number of hydrogen-bond acceptors (Lipinski definition) is 2. The van der Waals surface area contributed by atoms with Crippen LogP contribution in [0.25, 0.3) is 0 Å². The maximum atomic E-state index is 11.7. The summed E-state index contributed by atoms with van der Waals surface area (Å²) in [5, 5.41) is 8.53. The number of hydrogen-bond donors (Lipinski definition) is 1. The average molecular weight is 227 g/mol. The van der Waals surface area contributed by atoms with Crippen molar-refractivity contribution in [3.8, 4) is 0 Å². The lowest BCUT2D eigenvalue weighted by atomic mass is 10.1. The Morgan fingerprint density at radius 2 is 1.69 bits per heavy atom. The standard InChI is InChI=1S/C12H21NO3/c1-13(11(14)8-9-12(15)16)10-6-4-2-3-5-7-10/h10H,2-9H2,1H3,(H,15,16). The maximum Gasteiger partial charge on any atom is 0.303 e. The first-order valence-corrected chi connectivity index (χ1v) is 6.08. The highest BCUT2D eigenvalue weighted by Gasteiger charge is 2.21. The Labute approximate surface area is 96.6 Å². The molecule has 0 atom stereocenters. The Kier molecular flexibility index (Phi) is 5.29. The van der Waals surface area contributed by atoms with Gasteiger partial charge in [0.15, 0.2) is 0 Å². The van der Waals surface area contributed by atoms with Crippen molar-refractivity contribution >= 4 is 11.9 Å². The van der Waals surface area contributed by atoms with E-state index in [1.54, 1.807) is 11.9 Å². The van der Waals surface area contributed by atoms with E-state index in [-0.39, 0.29) is 18.7 Å². The van der Waals surface area contributed by atoms with Gasteiger partial charge in [-0.3, -0.25) is 9.59 Å². The van der Waals surface area contributed by atoms with Crippen LogP contribution in [0.5, 0.6) is 0 Å². The van der Waals surface area contributed by atoms with Crippen molar-refractivity contribution in [1.82, 2.24) is 4.90 Å². The summed E-state index contributed by atoms with van der Waals surface area (Å²) >= 11 is 0. The zero-order valence-electron chi connectivity index (χ0n) is 9.95. The van der Waals surface area contributed by atoms with Gasteiger partial charge in [-0.2, -0.15) is 0 Å². The molecular formula is C12H21NO3. The van der Waals surface area contributed by atoms with E-state index in [0.29, 0.717) is 6.04 Å². The largest absolute Gasteiger partial charge is 0.481 e. The van der Waals surface area contributed by atoms with Crippen molar-refractivity contribution < 1.29 is 14.7 Å². The molecule has 0 aromatic carbocycles. The summed E-state index contributed by atoms with van der Waals surface area (Å²) in [6.07, 6.45) is 7.08. The van der Waals surface area contributed by atoms with Crippen LogP contribution < -0.4 is 0 Å². The first-order chi connectivity index (χ1) is 7.61. The molecule has 0 heterocycles. The molecule has 0 aromatic rings. The minimum absolute atomic E-state index is 0.0331. The number of carboxylic acid groups (broad SMARTS) is 1. The molecule has 0 saturated heterocycles. The molecule has 0 aliphatic heterocycles. The third kappa shape index (κ3) is 4.21. The topological polar surface area (TPSA) is 57.6 Å². The van der Waals surface area contributed by atoms with Crippen molar-refractivity contribution in [3.05, 3.63) is 0 Å².